The Labute approximate surface area is 204 Å². The first-order valence-corrected chi connectivity index (χ1v) is 12.6. The number of aromatic nitrogens is 1. The molecule has 3 aromatic rings. The summed E-state index contributed by atoms with van der Waals surface area (Å²) in [6.45, 7) is 7.01. The van der Waals surface area contributed by atoms with Gasteiger partial charge in [-0.1, -0.05) is 35.5 Å². The van der Waals surface area contributed by atoms with E-state index in [0.717, 1.165) is 22.2 Å². The summed E-state index contributed by atoms with van der Waals surface area (Å²) in [6, 6.07) is 15.1. The largest absolute Gasteiger partial charge is 0.334 e. The smallest absolute Gasteiger partial charge is 0.283 e. The average molecular weight is 497 g/mol. The van der Waals surface area contributed by atoms with Gasteiger partial charge in [-0.15, -0.1) is 11.3 Å². The molecule has 2 aliphatic rings. The Kier molecular flexibility index (Phi) is 5.68. The predicted octanol–water partition coefficient (Wildman–Crippen LogP) is 3.85. The number of carbonyl (C=O) groups is 1. The lowest BCUT2D eigenvalue weighted by molar-refractivity contribution is -0.112. The number of thioether (sulfide) groups is 1. The highest BCUT2D eigenvalue weighted by molar-refractivity contribution is 8.08. The maximum absolute atomic E-state index is 13.5. The number of amides is 1. The summed E-state index contributed by atoms with van der Waals surface area (Å²) < 4.78 is 2.97. The molecule has 2 aliphatic heterocycles. The molecule has 0 fully saturated rings. The first-order valence-electron chi connectivity index (χ1n) is 10.6. The lowest BCUT2D eigenvalue weighted by Crippen LogP contribution is -2.35. The number of fused-ring (bicyclic) bond motifs is 1. The minimum Gasteiger partial charge on any atom is -0.334 e. The molecule has 5 rings (SSSR count). The Balaban J connectivity index is 1.72. The molecule has 0 N–H and O–H groups in total. The summed E-state index contributed by atoms with van der Waals surface area (Å²) in [6.07, 6.45) is 0. The van der Waals surface area contributed by atoms with Crippen molar-refractivity contribution in [3.8, 4) is 0 Å². The molecule has 2 aromatic carbocycles. The molecular formula is C24H21ClN4O2S2. The fraction of sp³-hybridized carbons (Fsp3) is 0.208. The molecule has 0 saturated carbocycles. The van der Waals surface area contributed by atoms with E-state index in [1.807, 2.05) is 19.1 Å². The SMILES string of the molecule is CCN1C(=c2sc(=C3C(=O)N(c4ccc(Cl)cc4)N=C3C)n(CC)c2=O)Sc2ccccc21. The number of halogens is 1. The van der Waals surface area contributed by atoms with Crippen molar-refractivity contribution >= 4 is 68.3 Å². The second kappa shape index (κ2) is 8.52. The number of rotatable bonds is 3. The Hall–Kier alpha value is -2.81. The minimum absolute atomic E-state index is 0.0794. The van der Waals surface area contributed by atoms with Crippen LogP contribution in [0.1, 0.15) is 20.8 Å². The van der Waals surface area contributed by atoms with Gasteiger partial charge in [-0.2, -0.15) is 10.1 Å². The Morgan fingerprint density at radius 3 is 2.42 bits per heavy atom. The van der Waals surface area contributed by atoms with E-state index in [2.05, 4.69) is 29.1 Å². The van der Waals surface area contributed by atoms with Gasteiger partial charge in [-0.25, -0.2) is 0 Å². The van der Waals surface area contributed by atoms with Gasteiger partial charge < -0.3 is 4.90 Å². The zero-order valence-electron chi connectivity index (χ0n) is 18.3. The predicted molar refractivity (Wildman–Crippen MR) is 138 cm³/mol. The fourth-order valence-corrected chi connectivity index (χ4v) is 6.83. The maximum Gasteiger partial charge on any atom is 0.283 e. The fourth-order valence-electron chi connectivity index (χ4n) is 4.05. The molecular weight excluding hydrogens is 476 g/mol. The summed E-state index contributed by atoms with van der Waals surface area (Å²) in [4.78, 5) is 30.2. The third kappa shape index (κ3) is 3.53. The van der Waals surface area contributed by atoms with E-state index >= 15 is 0 Å². The van der Waals surface area contributed by atoms with Crippen LogP contribution in [-0.4, -0.2) is 22.7 Å². The van der Waals surface area contributed by atoms with Crippen LogP contribution in [0.3, 0.4) is 0 Å². The van der Waals surface area contributed by atoms with Crippen LogP contribution in [0, 0.1) is 0 Å². The molecule has 0 spiro atoms. The van der Waals surface area contributed by atoms with Gasteiger partial charge in [0.1, 0.15) is 14.2 Å². The second-order valence-electron chi connectivity index (χ2n) is 7.56. The van der Waals surface area contributed by atoms with Crippen LogP contribution in [-0.2, 0) is 11.3 Å². The van der Waals surface area contributed by atoms with Crippen molar-refractivity contribution < 1.29 is 4.79 Å². The Morgan fingerprint density at radius 2 is 1.73 bits per heavy atom. The van der Waals surface area contributed by atoms with Crippen LogP contribution in [0.4, 0.5) is 11.4 Å². The monoisotopic (exact) mass is 496 g/mol. The van der Waals surface area contributed by atoms with Crippen molar-refractivity contribution in [1.29, 1.82) is 0 Å². The molecule has 0 bridgehead atoms. The van der Waals surface area contributed by atoms with Gasteiger partial charge in [0.25, 0.3) is 11.5 Å². The highest BCUT2D eigenvalue weighted by Gasteiger charge is 2.32. The highest BCUT2D eigenvalue weighted by Crippen LogP contribution is 2.45. The molecule has 0 radical (unpaired) electrons. The third-order valence-corrected chi connectivity index (χ3v) is 8.38. The zero-order chi connectivity index (χ0) is 23.3. The molecule has 3 heterocycles. The van der Waals surface area contributed by atoms with Gasteiger partial charge in [0, 0.05) is 23.0 Å². The first-order chi connectivity index (χ1) is 15.9. The number of hydrogen-bond donors (Lipinski definition) is 0. The van der Waals surface area contributed by atoms with Crippen LogP contribution in [0.15, 0.2) is 63.3 Å². The summed E-state index contributed by atoms with van der Waals surface area (Å²) in [5.74, 6) is -0.246. The molecule has 1 amide bonds. The van der Waals surface area contributed by atoms with E-state index in [9.17, 15) is 9.59 Å². The number of nitrogens with zero attached hydrogens (tertiary/aromatic N) is 4. The lowest BCUT2D eigenvalue weighted by atomic mass is 10.2. The van der Waals surface area contributed by atoms with Gasteiger partial charge in [0.15, 0.2) is 0 Å². The van der Waals surface area contributed by atoms with Crippen molar-refractivity contribution in [2.45, 2.75) is 32.2 Å². The number of hydrazone groups is 1. The standard InChI is InChI=1S/C24H21ClN4O2S2/c1-4-27-17-8-6-7-9-18(17)32-24(27)20-22(31)28(5-2)23(33-20)19-14(3)26-29(21(19)30)16-12-10-15(25)11-13-16/h6-13H,4-5H2,1-3H3. The number of anilines is 2. The zero-order valence-corrected chi connectivity index (χ0v) is 20.7. The van der Waals surface area contributed by atoms with E-state index in [-0.39, 0.29) is 11.5 Å². The Bertz CT molecular complexity index is 1490. The van der Waals surface area contributed by atoms with Crippen LogP contribution in [0.5, 0.6) is 0 Å². The molecule has 0 atom stereocenters. The number of hydrogen-bond acceptors (Lipinski definition) is 6. The first kappa shape index (κ1) is 22.0. The van der Waals surface area contributed by atoms with E-state index in [4.69, 9.17) is 11.6 Å². The molecule has 33 heavy (non-hydrogen) atoms. The summed E-state index contributed by atoms with van der Waals surface area (Å²) in [7, 11) is 0. The van der Waals surface area contributed by atoms with Gasteiger partial charge in [0.2, 0.25) is 0 Å². The van der Waals surface area contributed by atoms with E-state index < -0.39 is 0 Å². The van der Waals surface area contributed by atoms with Gasteiger partial charge in [0.05, 0.1) is 22.7 Å². The van der Waals surface area contributed by atoms with Gasteiger partial charge in [-0.05, 0) is 57.2 Å². The van der Waals surface area contributed by atoms with Gasteiger partial charge in [-0.3, -0.25) is 14.2 Å². The minimum atomic E-state index is -0.246. The number of benzene rings is 2. The van der Waals surface area contributed by atoms with Crippen molar-refractivity contribution in [2.24, 2.45) is 5.10 Å². The Morgan fingerprint density at radius 1 is 1.00 bits per heavy atom. The van der Waals surface area contributed by atoms with Crippen molar-refractivity contribution in [2.75, 3.05) is 16.5 Å². The summed E-state index contributed by atoms with van der Waals surface area (Å²) in [5.41, 5.74) is 2.71. The summed E-state index contributed by atoms with van der Waals surface area (Å²) >= 11 is 8.97. The molecule has 1 aromatic heterocycles. The van der Waals surface area contributed by atoms with E-state index in [1.165, 1.54) is 16.3 Å². The lowest BCUT2D eigenvalue weighted by Gasteiger charge is -2.16. The summed E-state index contributed by atoms with van der Waals surface area (Å²) in [5, 5.41) is 7.37. The van der Waals surface area contributed by atoms with Crippen molar-refractivity contribution in [3.05, 3.63) is 73.1 Å². The molecule has 6 nitrogen and oxygen atoms in total. The second-order valence-corrected chi connectivity index (χ2v) is 10.0. The van der Waals surface area contributed by atoms with Crippen molar-refractivity contribution in [1.82, 2.24) is 4.57 Å². The quantitative estimate of drug-likeness (QED) is 0.552. The van der Waals surface area contributed by atoms with Crippen LogP contribution < -0.4 is 24.7 Å². The number of carbonyl (C=O) groups excluding carboxylic acids is 1. The van der Waals surface area contributed by atoms with E-state index in [0.29, 0.717) is 37.7 Å². The van der Waals surface area contributed by atoms with Crippen molar-refractivity contribution in [3.63, 3.8) is 0 Å². The average Bonchev–Trinajstić information content (AvgIpc) is 3.44. The molecule has 9 heteroatoms. The third-order valence-electron chi connectivity index (χ3n) is 5.62. The topological polar surface area (TPSA) is 57.9 Å². The highest BCUT2D eigenvalue weighted by atomic mass is 35.5. The van der Waals surface area contributed by atoms with E-state index in [1.54, 1.807) is 47.5 Å². The normalized spacial score (nSPS) is 18.8. The number of para-hydroxylation sites is 1. The van der Waals surface area contributed by atoms with Gasteiger partial charge >= 0.3 is 0 Å². The molecule has 168 valence electrons. The van der Waals surface area contributed by atoms with Crippen LogP contribution >= 0.6 is 34.7 Å². The van der Waals surface area contributed by atoms with Crippen LogP contribution in [0.2, 0.25) is 5.02 Å². The number of thiazole rings is 1. The van der Waals surface area contributed by atoms with Crippen LogP contribution in [0.25, 0.3) is 10.6 Å². The molecule has 0 aliphatic carbocycles. The molecule has 0 saturated heterocycles. The molecule has 0 unspecified atom stereocenters. The maximum atomic E-state index is 13.5.